The molecule has 1 aliphatic heterocycles. The van der Waals surface area contributed by atoms with Crippen LogP contribution in [-0.4, -0.2) is 28.1 Å². The summed E-state index contributed by atoms with van der Waals surface area (Å²) in [4.78, 5) is 4.53. The van der Waals surface area contributed by atoms with Gasteiger partial charge < -0.3 is 9.30 Å². The summed E-state index contributed by atoms with van der Waals surface area (Å²) in [5.41, 5.74) is 1.68. The van der Waals surface area contributed by atoms with Gasteiger partial charge in [-0.25, -0.2) is 9.37 Å². The van der Waals surface area contributed by atoms with E-state index in [2.05, 4.69) is 16.5 Å². The van der Waals surface area contributed by atoms with Gasteiger partial charge in [-0.2, -0.15) is 0 Å². The van der Waals surface area contributed by atoms with E-state index in [9.17, 15) is 4.39 Å². The number of nitrogens with zero attached hydrogens (tertiary/aromatic N) is 2. The number of aryl methyl sites for hydroxylation is 1. The normalized spacial score (nSPS) is 22.8. The van der Waals surface area contributed by atoms with Crippen molar-refractivity contribution < 1.29 is 9.13 Å². The maximum absolute atomic E-state index is 13.3. The fraction of sp³-hybridized carbons (Fsp3) is 0.533. The van der Waals surface area contributed by atoms with Crippen molar-refractivity contribution in [3.05, 3.63) is 29.8 Å². The molecule has 5 heteroatoms. The van der Waals surface area contributed by atoms with E-state index in [1.165, 1.54) is 12.1 Å². The number of ether oxygens (including phenoxy) is 1. The molecule has 3 rings (SSSR count). The molecule has 3 nitrogen and oxygen atoms in total. The molecule has 0 aliphatic carbocycles. The Morgan fingerprint density at radius 2 is 2.35 bits per heavy atom. The van der Waals surface area contributed by atoms with Crippen LogP contribution in [0.25, 0.3) is 11.0 Å². The van der Waals surface area contributed by atoms with Crippen LogP contribution >= 0.6 is 11.6 Å². The number of halogens is 2. The van der Waals surface area contributed by atoms with Crippen LogP contribution in [-0.2, 0) is 17.7 Å². The van der Waals surface area contributed by atoms with Gasteiger partial charge in [0.1, 0.15) is 11.6 Å². The van der Waals surface area contributed by atoms with Gasteiger partial charge in [-0.3, -0.25) is 0 Å². The maximum Gasteiger partial charge on any atom is 0.125 e. The van der Waals surface area contributed by atoms with Gasteiger partial charge >= 0.3 is 0 Å². The summed E-state index contributed by atoms with van der Waals surface area (Å²) >= 11 is 5.86. The average molecular weight is 297 g/mol. The first-order valence-electron chi connectivity index (χ1n) is 7.01. The highest BCUT2D eigenvalue weighted by Gasteiger charge is 2.26. The predicted octanol–water partition coefficient (Wildman–Crippen LogP) is 3.38. The van der Waals surface area contributed by atoms with E-state index in [1.54, 1.807) is 6.07 Å². The van der Waals surface area contributed by atoms with Crippen molar-refractivity contribution in [3.8, 4) is 0 Å². The fourth-order valence-electron chi connectivity index (χ4n) is 2.88. The van der Waals surface area contributed by atoms with Gasteiger partial charge in [0.05, 0.1) is 17.1 Å². The van der Waals surface area contributed by atoms with Crippen LogP contribution in [0.3, 0.4) is 0 Å². The molecule has 0 spiro atoms. The van der Waals surface area contributed by atoms with Crippen molar-refractivity contribution in [3.63, 3.8) is 0 Å². The van der Waals surface area contributed by atoms with Crippen molar-refractivity contribution in [1.82, 2.24) is 9.55 Å². The minimum absolute atomic E-state index is 0.253. The standard InChI is InChI=1S/C15H18ClFN2O/c1-10-11(5-7-20-10)9-19-14-3-2-12(17)8-13(14)18-15(19)4-6-16/h2-3,8,10-11H,4-7,9H2,1H3. The average Bonchev–Trinajstić information content (AvgIpc) is 2.96. The van der Waals surface area contributed by atoms with E-state index in [-0.39, 0.29) is 11.9 Å². The minimum Gasteiger partial charge on any atom is -0.378 e. The Morgan fingerprint density at radius 1 is 1.50 bits per heavy atom. The van der Waals surface area contributed by atoms with Crippen LogP contribution in [0.2, 0.25) is 0 Å². The molecule has 1 fully saturated rings. The Bertz CT molecular complexity index is 613. The zero-order valence-corrected chi connectivity index (χ0v) is 12.2. The number of hydrogen-bond acceptors (Lipinski definition) is 2. The quantitative estimate of drug-likeness (QED) is 0.809. The highest BCUT2D eigenvalue weighted by molar-refractivity contribution is 6.17. The lowest BCUT2D eigenvalue weighted by Crippen LogP contribution is -2.19. The first kappa shape index (κ1) is 13.8. The monoisotopic (exact) mass is 296 g/mol. The van der Waals surface area contributed by atoms with Crippen LogP contribution in [0.5, 0.6) is 0 Å². The van der Waals surface area contributed by atoms with Crippen LogP contribution < -0.4 is 0 Å². The molecule has 1 aromatic carbocycles. The van der Waals surface area contributed by atoms with E-state index in [1.807, 2.05) is 0 Å². The Kier molecular flexibility index (Phi) is 3.94. The number of aromatic nitrogens is 2. The van der Waals surface area contributed by atoms with Crippen LogP contribution in [0.4, 0.5) is 4.39 Å². The van der Waals surface area contributed by atoms with Crippen LogP contribution in [0, 0.1) is 11.7 Å². The van der Waals surface area contributed by atoms with Gasteiger partial charge in [0.2, 0.25) is 0 Å². The molecular weight excluding hydrogens is 279 g/mol. The number of rotatable bonds is 4. The van der Waals surface area contributed by atoms with Gasteiger partial charge in [0.15, 0.2) is 0 Å². The van der Waals surface area contributed by atoms with Gasteiger partial charge in [-0.05, 0) is 25.5 Å². The summed E-state index contributed by atoms with van der Waals surface area (Å²) in [6.45, 7) is 3.78. The second kappa shape index (κ2) is 5.70. The molecule has 2 heterocycles. The van der Waals surface area contributed by atoms with E-state index in [0.717, 1.165) is 30.9 Å². The Labute approximate surface area is 122 Å². The van der Waals surface area contributed by atoms with Crippen molar-refractivity contribution in [2.45, 2.75) is 32.4 Å². The lowest BCUT2D eigenvalue weighted by Gasteiger charge is -2.17. The molecule has 0 radical (unpaired) electrons. The first-order valence-corrected chi connectivity index (χ1v) is 7.54. The summed E-state index contributed by atoms with van der Waals surface area (Å²) in [5.74, 6) is 1.67. The predicted molar refractivity (Wildman–Crippen MR) is 77.6 cm³/mol. The number of imidazole rings is 1. The SMILES string of the molecule is CC1OCCC1Cn1c(CCCl)nc2cc(F)ccc21. The molecule has 2 atom stereocenters. The van der Waals surface area contributed by atoms with Gasteiger partial charge in [-0.15, -0.1) is 11.6 Å². The van der Waals surface area contributed by atoms with E-state index < -0.39 is 0 Å². The van der Waals surface area contributed by atoms with E-state index in [0.29, 0.717) is 23.7 Å². The second-order valence-electron chi connectivity index (χ2n) is 5.34. The van der Waals surface area contributed by atoms with Crippen molar-refractivity contribution in [1.29, 1.82) is 0 Å². The molecule has 20 heavy (non-hydrogen) atoms. The molecule has 108 valence electrons. The zero-order valence-electron chi connectivity index (χ0n) is 11.5. The molecule has 0 saturated carbocycles. The summed E-state index contributed by atoms with van der Waals surface area (Å²) in [6.07, 6.45) is 2.01. The smallest absolute Gasteiger partial charge is 0.125 e. The van der Waals surface area contributed by atoms with E-state index in [4.69, 9.17) is 16.3 Å². The third kappa shape index (κ3) is 2.54. The molecule has 0 amide bonds. The van der Waals surface area contributed by atoms with Gasteiger partial charge in [-0.1, -0.05) is 0 Å². The highest BCUT2D eigenvalue weighted by Crippen LogP contribution is 2.26. The van der Waals surface area contributed by atoms with E-state index >= 15 is 0 Å². The number of fused-ring (bicyclic) bond motifs is 1. The Morgan fingerprint density at radius 3 is 3.05 bits per heavy atom. The molecule has 0 N–H and O–H groups in total. The molecule has 1 aromatic heterocycles. The molecule has 2 aromatic rings. The van der Waals surface area contributed by atoms with Gasteiger partial charge in [0, 0.05) is 37.4 Å². The number of hydrogen-bond donors (Lipinski definition) is 0. The summed E-state index contributed by atoms with van der Waals surface area (Å²) in [6, 6.07) is 4.77. The lowest BCUT2D eigenvalue weighted by atomic mass is 10.0. The lowest BCUT2D eigenvalue weighted by molar-refractivity contribution is 0.102. The highest BCUT2D eigenvalue weighted by atomic mass is 35.5. The first-order chi connectivity index (χ1) is 9.69. The Balaban J connectivity index is 1.99. The third-order valence-corrected chi connectivity index (χ3v) is 4.25. The fourth-order valence-corrected chi connectivity index (χ4v) is 3.05. The Hall–Kier alpha value is -1.13. The zero-order chi connectivity index (χ0) is 14.1. The van der Waals surface area contributed by atoms with Crippen molar-refractivity contribution >= 4 is 22.6 Å². The largest absolute Gasteiger partial charge is 0.378 e. The summed E-state index contributed by atoms with van der Waals surface area (Å²) < 4.78 is 21.1. The second-order valence-corrected chi connectivity index (χ2v) is 5.71. The van der Waals surface area contributed by atoms with Crippen molar-refractivity contribution in [2.24, 2.45) is 5.92 Å². The topological polar surface area (TPSA) is 27.1 Å². The van der Waals surface area contributed by atoms with Crippen molar-refractivity contribution in [2.75, 3.05) is 12.5 Å². The molecule has 2 unspecified atom stereocenters. The summed E-state index contributed by atoms with van der Waals surface area (Å²) in [7, 11) is 0. The minimum atomic E-state index is -0.253. The van der Waals surface area contributed by atoms with Crippen LogP contribution in [0.15, 0.2) is 18.2 Å². The molecule has 1 saturated heterocycles. The number of benzene rings is 1. The molecular formula is C15H18ClFN2O. The van der Waals surface area contributed by atoms with Crippen LogP contribution in [0.1, 0.15) is 19.2 Å². The maximum atomic E-state index is 13.3. The molecule has 1 aliphatic rings. The summed E-state index contributed by atoms with van der Waals surface area (Å²) in [5, 5.41) is 0. The third-order valence-electron chi connectivity index (χ3n) is 4.06. The number of alkyl halides is 1. The van der Waals surface area contributed by atoms with Gasteiger partial charge in [0.25, 0.3) is 0 Å². The molecule has 0 bridgehead atoms.